The van der Waals surface area contributed by atoms with E-state index < -0.39 is 17.3 Å². The molecule has 1 aromatic carbocycles. The minimum Gasteiger partial charge on any atom is -0.388 e. The summed E-state index contributed by atoms with van der Waals surface area (Å²) in [6.45, 7) is 5.24. The van der Waals surface area contributed by atoms with Crippen LogP contribution in [-0.2, 0) is 0 Å². The first-order chi connectivity index (χ1) is 10.7. The summed E-state index contributed by atoms with van der Waals surface area (Å²) in [6.07, 6.45) is 0.507. The van der Waals surface area contributed by atoms with Gasteiger partial charge in [-0.25, -0.2) is 9.07 Å². The van der Waals surface area contributed by atoms with Crippen molar-refractivity contribution in [3.8, 4) is 5.69 Å². The summed E-state index contributed by atoms with van der Waals surface area (Å²) < 4.78 is 14.6. The van der Waals surface area contributed by atoms with E-state index in [1.165, 1.54) is 22.9 Å². The highest BCUT2D eigenvalue weighted by molar-refractivity contribution is 6.30. The average Bonchev–Trinajstić information content (AvgIpc) is 2.89. The van der Waals surface area contributed by atoms with E-state index in [0.29, 0.717) is 17.8 Å². The molecule has 0 unspecified atom stereocenters. The van der Waals surface area contributed by atoms with Gasteiger partial charge in [-0.05, 0) is 38.5 Å². The molecule has 8 heteroatoms. The van der Waals surface area contributed by atoms with E-state index in [1.54, 1.807) is 13.8 Å². The van der Waals surface area contributed by atoms with Gasteiger partial charge in [0.2, 0.25) is 0 Å². The van der Waals surface area contributed by atoms with E-state index in [9.17, 15) is 14.3 Å². The molecule has 0 radical (unpaired) electrons. The van der Waals surface area contributed by atoms with E-state index in [4.69, 9.17) is 11.6 Å². The summed E-state index contributed by atoms with van der Waals surface area (Å²) in [7, 11) is 0. The number of carbonyl (C=O) groups is 1. The quantitative estimate of drug-likeness (QED) is 0.875. The number of carbonyl (C=O) groups excluding carboxylic acids is 1. The Kier molecular flexibility index (Phi) is 5.01. The summed E-state index contributed by atoms with van der Waals surface area (Å²) in [5.41, 5.74) is 0.143. The lowest BCUT2D eigenvalue weighted by Crippen LogP contribution is -2.40. The first-order valence-corrected chi connectivity index (χ1v) is 7.51. The van der Waals surface area contributed by atoms with Gasteiger partial charge in [0.15, 0.2) is 5.69 Å². The molecule has 6 nitrogen and oxygen atoms in total. The highest BCUT2D eigenvalue weighted by Crippen LogP contribution is 2.20. The predicted octanol–water partition coefficient (Wildman–Crippen LogP) is 2.26. The second kappa shape index (κ2) is 6.64. The van der Waals surface area contributed by atoms with Crippen molar-refractivity contribution in [3.63, 3.8) is 0 Å². The number of aliphatic hydroxyl groups is 1. The lowest BCUT2D eigenvalue weighted by molar-refractivity contribution is 0.0517. The topological polar surface area (TPSA) is 80.0 Å². The number of hydrogen-bond acceptors (Lipinski definition) is 4. The van der Waals surface area contributed by atoms with E-state index in [2.05, 4.69) is 15.6 Å². The first kappa shape index (κ1) is 17.4. The van der Waals surface area contributed by atoms with Crippen molar-refractivity contribution >= 4 is 17.5 Å². The van der Waals surface area contributed by atoms with Gasteiger partial charge in [-0.1, -0.05) is 23.7 Å². The molecule has 0 saturated heterocycles. The van der Waals surface area contributed by atoms with Gasteiger partial charge < -0.3 is 10.4 Å². The molecule has 1 aromatic heterocycles. The average molecular weight is 341 g/mol. The molecule has 0 saturated carbocycles. The van der Waals surface area contributed by atoms with Crippen molar-refractivity contribution in [2.75, 3.05) is 6.54 Å². The van der Waals surface area contributed by atoms with Crippen LogP contribution < -0.4 is 5.32 Å². The summed E-state index contributed by atoms with van der Waals surface area (Å²) >= 11 is 5.76. The maximum Gasteiger partial charge on any atom is 0.273 e. The van der Waals surface area contributed by atoms with Crippen LogP contribution in [-0.4, -0.2) is 38.2 Å². The van der Waals surface area contributed by atoms with Gasteiger partial charge in [0, 0.05) is 6.54 Å². The monoisotopic (exact) mass is 340 g/mol. The Balaban J connectivity index is 2.22. The molecule has 2 rings (SSSR count). The van der Waals surface area contributed by atoms with Crippen molar-refractivity contribution in [3.05, 3.63) is 40.4 Å². The lowest BCUT2D eigenvalue weighted by atomic mass is 10.0. The highest BCUT2D eigenvalue weighted by Gasteiger charge is 2.22. The lowest BCUT2D eigenvalue weighted by Gasteiger charge is -2.21. The smallest absolute Gasteiger partial charge is 0.273 e. The Bertz CT molecular complexity index is 730. The zero-order chi connectivity index (χ0) is 17.2. The number of hydrogen-bond donors (Lipinski definition) is 2. The summed E-state index contributed by atoms with van der Waals surface area (Å²) in [4.78, 5) is 12.2. The fourth-order valence-electron chi connectivity index (χ4n) is 1.88. The molecule has 23 heavy (non-hydrogen) atoms. The van der Waals surface area contributed by atoms with Crippen LogP contribution in [0.15, 0.2) is 18.2 Å². The minimum atomic E-state index is -0.982. The Morgan fingerprint density at radius 1 is 1.52 bits per heavy atom. The van der Waals surface area contributed by atoms with Crippen LogP contribution in [0.3, 0.4) is 0 Å². The number of halogens is 2. The maximum atomic E-state index is 13.2. The molecular formula is C15H18ClFN4O2. The molecule has 2 aromatic rings. The molecule has 0 aliphatic heterocycles. The highest BCUT2D eigenvalue weighted by atomic mass is 35.5. The van der Waals surface area contributed by atoms with Gasteiger partial charge in [0.05, 0.1) is 22.0 Å². The van der Waals surface area contributed by atoms with Gasteiger partial charge in [-0.3, -0.25) is 4.79 Å². The van der Waals surface area contributed by atoms with E-state index in [0.717, 1.165) is 0 Å². The molecule has 0 spiro atoms. The van der Waals surface area contributed by atoms with Crippen molar-refractivity contribution in [2.24, 2.45) is 0 Å². The molecule has 0 aliphatic carbocycles. The molecule has 1 heterocycles. The second-order valence-electron chi connectivity index (χ2n) is 5.57. The Hall–Kier alpha value is -1.99. The Labute approximate surface area is 138 Å². The molecule has 0 bridgehead atoms. The Morgan fingerprint density at radius 2 is 2.22 bits per heavy atom. The first-order valence-electron chi connectivity index (χ1n) is 7.13. The summed E-state index contributed by atoms with van der Waals surface area (Å²) in [6, 6.07) is 4.12. The predicted molar refractivity (Wildman–Crippen MR) is 84.3 cm³/mol. The molecule has 0 fully saturated rings. The largest absolute Gasteiger partial charge is 0.388 e. The fraction of sp³-hybridized carbons (Fsp3) is 0.400. The summed E-state index contributed by atoms with van der Waals surface area (Å²) in [5, 5.41) is 20.3. The third kappa shape index (κ3) is 3.86. The van der Waals surface area contributed by atoms with Crippen LogP contribution in [0, 0.1) is 12.7 Å². The number of aromatic nitrogens is 3. The molecule has 2 N–H and O–H groups in total. The molecule has 124 valence electrons. The number of amides is 1. The standard InChI is InChI=1S/C15H18ClFN4O2/c1-4-15(3,23)8-18-14(22)13-9(2)21(20-19-13)10-5-6-12(17)11(16)7-10/h5-7,23H,4,8H2,1-3H3,(H,18,22)/t15-/m0/s1. The van der Waals surface area contributed by atoms with Crippen LogP contribution in [0.2, 0.25) is 5.02 Å². The number of nitrogens with zero attached hydrogens (tertiary/aromatic N) is 3. The normalized spacial score (nSPS) is 13.7. The number of nitrogens with one attached hydrogen (secondary N) is 1. The molecule has 0 aliphatic rings. The van der Waals surface area contributed by atoms with Gasteiger partial charge >= 0.3 is 0 Å². The van der Waals surface area contributed by atoms with Crippen LogP contribution in [0.25, 0.3) is 5.69 Å². The van der Waals surface area contributed by atoms with Crippen LogP contribution in [0.4, 0.5) is 4.39 Å². The van der Waals surface area contributed by atoms with Crippen molar-refractivity contribution in [1.29, 1.82) is 0 Å². The second-order valence-corrected chi connectivity index (χ2v) is 5.97. The van der Waals surface area contributed by atoms with Gasteiger partial charge in [0.25, 0.3) is 5.91 Å². The molecule has 1 atom stereocenters. The number of benzene rings is 1. The van der Waals surface area contributed by atoms with Crippen LogP contribution in [0.1, 0.15) is 36.5 Å². The zero-order valence-corrected chi connectivity index (χ0v) is 13.9. The molecule has 1 amide bonds. The van der Waals surface area contributed by atoms with Gasteiger partial charge in [-0.2, -0.15) is 0 Å². The molecular weight excluding hydrogens is 323 g/mol. The van der Waals surface area contributed by atoms with Gasteiger partial charge in [0.1, 0.15) is 5.82 Å². The minimum absolute atomic E-state index is 0.0394. The van der Waals surface area contributed by atoms with E-state index in [-0.39, 0.29) is 17.3 Å². The van der Waals surface area contributed by atoms with E-state index in [1.807, 2.05) is 6.92 Å². The zero-order valence-electron chi connectivity index (χ0n) is 13.1. The fourth-order valence-corrected chi connectivity index (χ4v) is 2.06. The van der Waals surface area contributed by atoms with Crippen molar-refractivity contribution in [1.82, 2.24) is 20.3 Å². The van der Waals surface area contributed by atoms with Crippen LogP contribution in [0.5, 0.6) is 0 Å². The summed E-state index contributed by atoms with van der Waals surface area (Å²) in [5.74, 6) is -0.969. The SMILES string of the molecule is CC[C@](C)(O)CNC(=O)c1nnn(-c2ccc(F)c(Cl)c2)c1C. The van der Waals surface area contributed by atoms with Gasteiger partial charge in [-0.15, -0.1) is 5.10 Å². The third-order valence-corrected chi connectivity index (χ3v) is 3.94. The third-order valence-electron chi connectivity index (χ3n) is 3.65. The maximum absolute atomic E-state index is 13.2. The Morgan fingerprint density at radius 3 is 2.83 bits per heavy atom. The van der Waals surface area contributed by atoms with Crippen molar-refractivity contribution < 1.29 is 14.3 Å². The van der Waals surface area contributed by atoms with Crippen molar-refractivity contribution in [2.45, 2.75) is 32.8 Å². The van der Waals surface area contributed by atoms with Crippen LogP contribution >= 0.6 is 11.6 Å². The van der Waals surface area contributed by atoms with E-state index >= 15 is 0 Å². The number of rotatable bonds is 5.